The van der Waals surface area contributed by atoms with E-state index in [0.717, 1.165) is 24.5 Å². The van der Waals surface area contributed by atoms with Gasteiger partial charge in [0.2, 0.25) is 0 Å². The standard InChI is InChI=1S/C24H30N2O2/c1-6-28-16-7-8-21-20(12-16)17-9-10-25-23(24(17)26-21)19-13-18(14(2)3)22(27-5)11-15(19)4/h7-8,11-14,23,25-26H,6,9-10H2,1-5H3. The Kier molecular flexibility index (Phi) is 5.07. The number of benzene rings is 2. The van der Waals surface area contributed by atoms with E-state index < -0.39 is 0 Å². The Labute approximate surface area is 167 Å². The molecule has 1 aliphatic rings. The summed E-state index contributed by atoms with van der Waals surface area (Å²) in [5.74, 6) is 2.33. The number of aromatic amines is 1. The van der Waals surface area contributed by atoms with Gasteiger partial charge >= 0.3 is 0 Å². The van der Waals surface area contributed by atoms with Crippen LogP contribution in [0.25, 0.3) is 10.9 Å². The van der Waals surface area contributed by atoms with E-state index in [1.807, 2.05) is 13.0 Å². The predicted molar refractivity (Wildman–Crippen MR) is 115 cm³/mol. The van der Waals surface area contributed by atoms with Crippen LogP contribution in [0.5, 0.6) is 11.5 Å². The molecule has 0 saturated carbocycles. The second-order valence-corrected chi connectivity index (χ2v) is 7.90. The Morgan fingerprint density at radius 1 is 1.18 bits per heavy atom. The Bertz CT molecular complexity index is 1000. The van der Waals surface area contributed by atoms with Crippen molar-refractivity contribution in [3.63, 3.8) is 0 Å². The predicted octanol–water partition coefficient (Wildman–Crippen LogP) is 5.24. The molecule has 1 aliphatic heterocycles. The van der Waals surface area contributed by atoms with Gasteiger partial charge in [0.05, 0.1) is 19.8 Å². The van der Waals surface area contributed by atoms with Gasteiger partial charge in [-0.2, -0.15) is 0 Å². The molecule has 0 bridgehead atoms. The third kappa shape index (κ3) is 3.16. The van der Waals surface area contributed by atoms with Crippen LogP contribution in [0, 0.1) is 6.92 Å². The van der Waals surface area contributed by atoms with Gasteiger partial charge in [0, 0.05) is 23.1 Å². The molecule has 2 aromatic carbocycles. The van der Waals surface area contributed by atoms with Crippen molar-refractivity contribution in [2.24, 2.45) is 0 Å². The number of ether oxygens (including phenoxy) is 2. The lowest BCUT2D eigenvalue weighted by Crippen LogP contribution is -2.31. The van der Waals surface area contributed by atoms with Gasteiger partial charge in [-0.05, 0) is 78.8 Å². The second-order valence-electron chi connectivity index (χ2n) is 7.90. The van der Waals surface area contributed by atoms with Crippen molar-refractivity contribution in [1.82, 2.24) is 10.3 Å². The average molecular weight is 379 g/mol. The summed E-state index contributed by atoms with van der Waals surface area (Å²) in [5, 5.41) is 5.01. The van der Waals surface area contributed by atoms with Crippen LogP contribution in [0.2, 0.25) is 0 Å². The lowest BCUT2D eigenvalue weighted by atomic mass is 9.88. The molecule has 1 atom stereocenters. The van der Waals surface area contributed by atoms with Crippen molar-refractivity contribution in [1.29, 1.82) is 0 Å². The lowest BCUT2D eigenvalue weighted by molar-refractivity contribution is 0.340. The minimum absolute atomic E-state index is 0.162. The Morgan fingerprint density at radius 2 is 2.00 bits per heavy atom. The van der Waals surface area contributed by atoms with Crippen LogP contribution < -0.4 is 14.8 Å². The highest BCUT2D eigenvalue weighted by atomic mass is 16.5. The molecular formula is C24H30N2O2. The molecular weight excluding hydrogens is 348 g/mol. The summed E-state index contributed by atoms with van der Waals surface area (Å²) in [4.78, 5) is 3.69. The zero-order chi connectivity index (χ0) is 19.8. The van der Waals surface area contributed by atoms with Gasteiger partial charge in [-0.25, -0.2) is 0 Å². The lowest BCUT2D eigenvalue weighted by Gasteiger charge is -2.27. The number of hydrogen-bond donors (Lipinski definition) is 2. The van der Waals surface area contributed by atoms with Crippen LogP contribution in [0.4, 0.5) is 0 Å². The molecule has 2 N–H and O–H groups in total. The van der Waals surface area contributed by atoms with Crippen LogP contribution in [0.3, 0.4) is 0 Å². The van der Waals surface area contributed by atoms with Gasteiger partial charge in [-0.3, -0.25) is 0 Å². The molecule has 1 unspecified atom stereocenters. The summed E-state index contributed by atoms with van der Waals surface area (Å²) in [5.41, 5.74) is 7.69. The Morgan fingerprint density at radius 3 is 2.71 bits per heavy atom. The van der Waals surface area contributed by atoms with E-state index >= 15 is 0 Å². The normalized spacial score (nSPS) is 16.4. The highest BCUT2D eigenvalue weighted by molar-refractivity contribution is 5.86. The number of H-pyrrole nitrogens is 1. The van der Waals surface area contributed by atoms with Crippen molar-refractivity contribution in [2.45, 2.75) is 46.1 Å². The topological polar surface area (TPSA) is 46.3 Å². The smallest absolute Gasteiger partial charge is 0.122 e. The number of hydrogen-bond acceptors (Lipinski definition) is 3. The fraction of sp³-hybridized carbons (Fsp3) is 0.417. The molecule has 1 aromatic heterocycles. The monoisotopic (exact) mass is 378 g/mol. The van der Waals surface area contributed by atoms with Crippen LogP contribution in [-0.2, 0) is 6.42 Å². The molecule has 0 amide bonds. The Hall–Kier alpha value is -2.46. The average Bonchev–Trinajstić information content (AvgIpc) is 3.06. The number of nitrogens with one attached hydrogen (secondary N) is 2. The van der Waals surface area contributed by atoms with E-state index in [1.54, 1.807) is 7.11 Å². The van der Waals surface area contributed by atoms with Gasteiger partial charge < -0.3 is 19.8 Å². The third-order valence-corrected chi connectivity index (χ3v) is 5.79. The van der Waals surface area contributed by atoms with E-state index in [0.29, 0.717) is 12.5 Å². The van der Waals surface area contributed by atoms with Gasteiger partial charge in [0.15, 0.2) is 0 Å². The quantitative estimate of drug-likeness (QED) is 0.638. The molecule has 28 heavy (non-hydrogen) atoms. The molecule has 4 rings (SSSR count). The van der Waals surface area contributed by atoms with E-state index in [1.165, 1.54) is 38.9 Å². The first kappa shape index (κ1) is 18.9. The summed E-state index contributed by atoms with van der Waals surface area (Å²) in [6, 6.07) is 11.0. The van der Waals surface area contributed by atoms with Gasteiger partial charge in [0.1, 0.15) is 11.5 Å². The van der Waals surface area contributed by atoms with Crippen LogP contribution in [-0.4, -0.2) is 25.2 Å². The van der Waals surface area contributed by atoms with Crippen molar-refractivity contribution < 1.29 is 9.47 Å². The van der Waals surface area contributed by atoms with E-state index in [-0.39, 0.29) is 6.04 Å². The van der Waals surface area contributed by atoms with Gasteiger partial charge in [-0.15, -0.1) is 0 Å². The fourth-order valence-corrected chi connectivity index (χ4v) is 4.38. The van der Waals surface area contributed by atoms with Gasteiger partial charge in [0.25, 0.3) is 0 Å². The SMILES string of the molecule is CCOc1ccc2[nH]c3c(c2c1)CCNC3c1cc(C(C)C)c(OC)cc1C. The Balaban J connectivity index is 1.84. The molecule has 2 heterocycles. The summed E-state index contributed by atoms with van der Waals surface area (Å²) >= 11 is 0. The maximum atomic E-state index is 5.73. The number of methoxy groups -OCH3 is 1. The van der Waals surface area contributed by atoms with Crippen molar-refractivity contribution in [3.05, 3.63) is 58.3 Å². The molecule has 0 saturated heterocycles. The number of fused-ring (bicyclic) bond motifs is 3. The maximum absolute atomic E-state index is 5.73. The number of aryl methyl sites for hydroxylation is 1. The summed E-state index contributed by atoms with van der Waals surface area (Å²) in [6.45, 7) is 10.3. The van der Waals surface area contributed by atoms with E-state index in [2.05, 4.69) is 55.3 Å². The second kappa shape index (κ2) is 7.51. The molecule has 0 fully saturated rings. The molecule has 3 aromatic rings. The minimum Gasteiger partial charge on any atom is -0.496 e. The molecule has 0 spiro atoms. The molecule has 4 nitrogen and oxygen atoms in total. The van der Waals surface area contributed by atoms with Crippen LogP contribution >= 0.6 is 0 Å². The van der Waals surface area contributed by atoms with E-state index in [4.69, 9.17) is 9.47 Å². The zero-order valence-electron chi connectivity index (χ0n) is 17.5. The van der Waals surface area contributed by atoms with Gasteiger partial charge in [-0.1, -0.05) is 13.8 Å². The van der Waals surface area contributed by atoms with Crippen LogP contribution in [0.15, 0.2) is 30.3 Å². The summed E-state index contributed by atoms with van der Waals surface area (Å²) in [6.07, 6.45) is 1.02. The minimum atomic E-state index is 0.162. The summed E-state index contributed by atoms with van der Waals surface area (Å²) in [7, 11) is 1.75. The van der Waals surface area contributed by atoms with Crippen molar-refractivity contribution >= 4 is 10.9 Å². The highest BCUT2D eigenvalue weighted by Crippen LogP contribution is 2.38. The molecule has 4 heteroatoms. The largest absolute Gasteiger partial charge is 0.496 e. The van der Waals surface area contributed by atoms with Crippen LogP contribution in [0.1, 0.15) is 60.7 Å². The number of rotatable bonds is 5. The molecule has 0 radical (unpaired) electrons. The maximum Gasteiger partial charge on any atom is 0.122 e. The van der Waals surface area contributed by atoms with Crippen molar-refractivity contribution in [3.8, 4) is 11.5 Å². The highest BCUT2D eigenvalue weighted by Gasteiger charge is 2.27. The van der Waals surface area contributed by atoms with E-state index in [9.17, 15) is 0 Å². The fourth-order valence-electron chi connectivity index (χ4n) is 4.38. The molecule has 0 aliphatic carbocycles. The first-order valence-electron chi connectivity index (χ1n) is 10.2. The molecule has 148 valence electrons. The third-order valence-electron chi connectivity index (χ3n) is 5.79. The van der Waals surface area contributed by atoms with Crippen molar-refractivity contribution in [2.75, 3.05) is 20.3 Å². The zero-order valence-corrected chi connectivity index (χ0v) is 17.5. The first-order chi connectivity index (χ1) is 13.5. The number of aromatic nitrogens is 1. The summed E-state index contributed by atoms with van der Waals surface area (Å²) < 4.78 is 11.4. The first-order valence-corrected chi connectivity index (χ1v) is 10.2.